The first-order chi connectivity index (χ1) is 10.3. The molecule has 0 aliphatic heterocycles. The van der Waals surface area contributed by atoms with E-state index >= 15 is 0 Å². The Hall–Kier alpha value is -2.76. The largest absolute Gasteiger partial charge is 0.496 e. The first-order valence-corrected chi connectivity index (χ1v) is 6.38. The van der Waals surface area contributed by atoms with Crippen LogP contribution in [0.3, 0.4) is 0 Å². The molecule has 2 heterocycles. The molecule has 0 bridgehead atoms. The third-order valence-corrected chi connectivity index (χ3v) is 3.21. The molecule has 3 aromatic rings. The van der Waals surface area contributed by atoms with Gasteiger partial charge in [-0.25, -0.2) is 9.97 Å². The highest BCUT2D eigenvalue weighted by molar-refractivity contribution is 5.81. The van der Waals surface area contributed by atoms with Crippen LogP contribution >= 0.6 is 0 Å². The lowest BCUT2D eigenvalue weighted by atomic mass is 10.1. The third kappa shape index (κ3) is 2.24. The summed E-state index contributed by atoms with van der Waals surface area (Å²) in [5.74, 6) is 2.53. The van der Waals surface area contributed by atoms with Crippen molar-refractivity contribution in [3.63, 3.8) is 0 Å². The van der Waals surface area contributed by atoms with Crippen molar-refractivity contribution >= 4 is 11.2 Å². The molecule has 6 heteroatoms. The molecule has 0 spiro atoms. The molecule has 0 aliphatic carbocycles. The fraction of sp³-hybridized carbons (Fsp3) is 0.200. The van der Waals surface area contributed by atoms with E-state index in [1.165, 1.54) is 0 Å². The number of rotatable bonds is 4. The zero-order chi connectivity index (χ0) is 14.8. The van der Waals surface area contributed by atoms with Crippen LogP contribution in [0.25, 0.3) is 22.6 Å². The molecule has 21 heavy (non-hydrogen) atoms. The van der Waals surface area contributed by atoms with Crippen molar-refractivity contribution in [1.29, 1.82) is 0 Å². The normalized spacial score (nSPS) is 10.6. The van der Waals surface area contributed by atoms with Gasteiger partial charge in [0.1, 0.15) is 28.6 Å². The fourth-order valence-electron chi connectivity index (χ4n) is 2.20. The van der Waals surface area contributed by atoms with Gasteiger partial charge in [-0.1, -0.05) is 0 Å². The Labute approximate surface area is 121 Å². The molecule has 6 nitrogen and oxygen atoms in total. The van der Waals surface area contributed by atoms with Gasteiger partial charge < -0.3 is 19.2 Å². The Morgan fingerprint density at radius 2 is 1.71 bits per heavy atom. The zero-order valence-corrected chi connectivity index (χ0v) is 12.0. The van der Waals surface area contributed by atoms with Gasteiger partial charge >= 0.3 is 0 Å². The second-order valence-electron chi connectivity index (χ2n) is 4.37. The average molecular weight is 285 g/mol. The first-order valence-electron chi connectivity index (χ1n) is 6.38. The van der Waals surface area contributed by atoms with E-state index in [0.29, 0.717) is 28.7 Å². The van der Waals surface area contributed by atoms with E-state index in [0.717, 1.165) is 11.1 Å². The highest BCUT2D eigenvalue weighted by atomic mass is 16.5. The van der Waals surface area contributed by atoms with Crippen LogP contribution in [0.4, 0.5) is 0 Å². The zero-order valence-electron chi connectivity index (χ0n) is 12.0. The molecule has 2 aromatic heterocycles. The molecule has 1 aromatic carbocycles. The summed E-state index contributed by atoms with van der Waals surface area (Å²) in [6, 6.07) is 7.35. The van der Waals surface area contributed by atoms with Crippen LogP contribution in [0.2, 0.25) is 0 Å². The fourth-order valence-corrected chi connectivity index (χ4v) is 2.20. The lowest BCUT2D eigenvalue weighted by Crippen LogP contribution is -1.96. The standard InChI is InChI=1S/C15H15N3O3/c1-19-9-7-11(20-2)13(12(8-9)21-3)15-17-10-5-4-6-16-14(10)18-15/h4-8H,1-3H3,(H,16,17,18). The maximum absolute atomic E-state index is 5.44. The third-order valence-electron chi connectivity index (χ3n) is 3.21. The first kappa shape index (κ1) is 13.2. The van der Waals surface area contributed by atoms with Gasteiger partial charge in [0.2, 0.25) is 0 Å². The Morgan fingerprint density at radius 3 is 2.29 bits per heavy atom. The summed E-state index contributed by atoms with van der Waals surface area (Å²) in [7, 11) is 4.79. The van der Waals surface area contributed by atoms with Crippen molar-refractivity contribution in [2.75, 3.05) is 21.3 Å². The second-order valence-corrected chi connectivity index (χ2v) is 4.37. The highest BCUT2D eigenvalue weighted by Gasteiger charge is 2.18. The SMILES string of the molecule is COc1cc(OC)c(-c2nc3ncccc3[nH]2)c(OC)c1. The van der Waals surface area contributed by atoms with Crippen LogP contribution in [0.1, 0.15) is 0 Å². The lowest BCUT2D eigenvalue weighted by Gasteiger charge is -2.13. The number of nitrogens with zero attached hydrogens (tertiary/aromatic N) is 2. The molecule has 0 unspecified atom stereocenters. The number of nitrogens with one attached hydrogen (secondary N) is 1. The van der Waals surface area contributed by atoms with E-state index in [1.54, 1.807) is 39.7 Å². The number of hydrogen-bond donors (Lipinski definition) is 1. The average Bonchev–Trinajstić information content (AvgIpc) is 2.96. The Bertz CT molecular complexity index is 725. The molecule has 0 fully saturated rings. The number of aromatic amines is 1. The van der Waals surface area contributed by atoms with Gasteiger partial charge in [0.25, 0.3) is 0 Å². The van der Waals surface area contributed by atoms with Gasteiger partial charge in [-0.2, -0.15) is 0 Å². The summed E-state index contributed by atoms with van der Waals surface area (Å²) in [5, 5.41) is 0. The number of H-pyrrole nitrogens is 1. The molecule has 3 rings (SSSR count). The minimum atomic E-state index is 0.616. The number of ether oxygens (including phenoxy) is 3. The maximum atomic E-state index is 5.44. The van der Waals surface area contributed by atoms with Crippen molar-refractivity contribution in [1.82, 2.24) is 15.0 Å². The van der Waals surface area contributed by atoms with Crippen molar-refractivity contribution in [3.05, 3.63) is 30.5 Å². The number of fused-ring (bicyclic) bond motifs is 1. The van der Waals surface area contributed by atoms with Crippen molar-refractivity contribution in [2.45, 2.75) is 0 Å². The van der Waals surface area contributed by atoms with E-state index < -0.39 is 0 Å². The number of pyridine rings is 1. The van der Waals surface area contributed by atoms with Gasteiger partial charge in [0.05, 0.1) is 26.8 Å². The second kappa shape index (κ2) is 5.32. The smallest absolute Gasteiger partial charge is 0.178 e. The molecule has 0 saturated heterocycles. The van der Waals surface area contributed by atoms with E-state index in [-0.39, 0.29) is 0 Å². The summed E-state index contributed by atoms with van der Waals surface area (Å²) in [5.41, 5.74) is 2.23. The van der Waals surface area contributed by atoms with Crippen molar-refractivity contribution in [2.24, 2.45) is 0 Å². The molecule has 0 saturated carbocycles. The maximum Gasteiger partial charge on any atom is 0.178 e. The van der Waals surface area contributed by atoms with Crippen molar-refractivity contribution in [3.8, 4) is 28.6 Å². The lowest BCUT2D eigenvalue weighted by molar-refractivity contribution is 0.377. The highest BCUT2D eigenvalue weighted by Crippen LogP contribution is 2.40. The van der Waals surface area contributed by atoms with Crippen molar-refractivity contribution < 1.29 is 14.2 Å². The molecule has 0 amide bonds. The molecule has 108 valence electrons. The summed E-state index contributed by atoms with van der Waals surface area (Å²) in [6.45, 7) is 0. The molecule has 0 aliphatic rings. The number of imidazole rings is 1. The van der Waals surface area contributed by atoms with Crippen LogP contribution in [0.15, 0.2) is 30.5 Å². The Kier molecular flexibility index (Phi) is 3.35. The van der Waals surface area contributed by atoms with E-state index in [1.807, 2.05) is 12.1 Å². The monoisotopic (exact) mass is 285 g/mol. The predicted molar refractivity (Wildman–Crippen MR) is 79.0 cm³/mol. The molecule has 0 radical (unpaired) electrons. The molecular weight excluding hydrogens is 270 g/mol. The topological polar surface area (TPSA) is 69.3 Å². The summed E-state index contributed by atoms with van der Waals surface area (Å²) in [6.07, 6.45) is 1.70. The number of hydrogen-bond acceptors (Lipinski definition) is 5. The van der Waals surface area contributed by atoms with E-state index in [2.05, 4.69) is 15.0 Å². The van der Waals surface area contributed by atoms with Gasteiger partial charge in [-0.3, -0.25) is 0 Å². The molecule has 1 N–H and O–H groups in total. The van der Waals surface area contributed by atoms with Gasteiger partial charge in [0.15, 0.2) is 5.65 Å². The Balaban J connectivity index is 2.24. The number of benzene rings is 1. The number of aromatic nitrogens is 3. The minimum Gasteiger partial charge on any atom is -0.496 e. The van der Waals surface area contributed by atoms with Gasteiger partial charge in [-0.15, -0.1) is 0 Å². The summed E-state index contributed by atoms with van der Waals surface area (Å²) >= 11 is 0. The van der Waals surface area contributed by atoms with E-state index in [4.69, 9.17) is 14.2 Å². The summed E-state index contributed by atoms with van der Waals surface area (Å²) < 4.78 is 16.1. The van der Waals surface area contributed by atoms with Gasteiger partial charge in [-0.05, 0) is 12.1 Å². The van der Waals surface area contributed by atoms with Gasteiger partial charge in [0, 0.05) is 18.3 Å². The minimum absolute atomic E-state index is 0.616. The van der Waals surface area contributed by atoms with E-state index in [9.17, 15) is 0 Å². The van der Waals surface area contributed by atoms with Crippen LogP contribution in [0, 0.1) is 0 Å². The predicted octanol–water partition coefficient (Wildman–Crippen LogP) is 2.65. The molecule has 0 atom stereocenters. The van der Waals surface area contributed by atoms with Crippen LogP contribution in [-0.4, -0.2) is 36.3 Å². The summed E-state index contributed by atoms with van der Waals surface area (Å²) in [4.78, 5) is 11.9. The van der Waals surface area contributed by atoms with Crippen LogP contribution < -0.4 is 14.2 Å². The quantitative estimate of drug-likeness (QED) is 0.798. The molecular formula is C15H15N3O3. The van der Waals surface area contributed by atoms with Crippen LogP contribution in [-0.2, 0) is 0 Å². The van der Waals surface area contributed by atoms with Crippen LogP contribution in [0.5, 0.6) is 17.2 Å². The Morgan fingerprint density at radius 1 is 1.00 bits per heavy atom. The number of methoxy groups -OCH3 is 3.